The Balaban J connectivity index is 2.37. The van der Waals surface area contributed by atoms with Gasteiger partial charge in [0.2, 0.25) is 10.0 Å². The highest BCUT2D eigenvalue weighted by molar-refractivity contribution is 7.89. The maximum Gasteiger partial charge on any atom is 0.244 e. The van der Waals surface area contributed by atoms with Gasteiger partial charge in [-0.05, 0) is 24.6 Å². The van der Waals surface area contributed by atoms with Crippen LogP contribution in [0.3, 0.4) is 0 Å². The molecule has 1 aromatic carbocycles. The van der Waals surface area contributed by atoms with Crippen LogP contribution in [0.25, 0.3) is 0 Å². The lowest BCUT2D eigenvalue weighted by atomic mass is 10.2. The summed E-state index contributed by atoms with van der Waals surface area (Å²) < 4.78 is 31.2. The maximum absolute atomic E-state index is 12.3. The minimum Gasteiger partial charge on any atom is -0.379 e. The van der Waals surface area contributed by atoms with Crippen LogP contribution in [0.2, 0.25) is 5.02 Å². The van der Waals surface area contributed by atoms with Crippen LogP contribution in [-0.4, -0.2) is 39.0 Å². The zero-order valence-electron chi connectivity index (χ0n) is 9.52. The van der Waals surface area contributed by atoms with Crippen LogP contribution in [0.15, 0.2) is 23.1 Å². The topological polar surface area (TPSA) is 46.6 Å². The molecular formula is C11H14ClNO3S. The molecule has 0 bridgehead atoms. The molecule has 1 aromatic rings. The summed E-state index contributed by atoms with van der Waals surface area (Å²) >= 11 is 6.00. The number of halogens is 1. The zero-order chi connectivity index (χ0) is 12.5. The van der Waals surface area contributed by atoms with Gasteiger partial charge in [-0.2, -0.15) is 4.31 Å². The van der Waals surface area contributed by atoms with Crippen LogP contribution >= 0.6 is 11.6 Å². The van der Waals surface area contributed by atoms with E-state index in [1.807, 2.05) is 6.92 Å². The predicted molar refractivity (Wildman–Crippen MR) is 65.8 cm³/mol. The summed E-state index contributed by atoms with van der Waals surface area (Å²) in [6.07, 6.45) is 0. The molecule has 0 aromatic heterocycles. The number of sulfonamides is 1. The Bertz CT molecular complexity index is 509. The maximum atomic E-state index is 12.3. The van der Waals surface area contributed by atoms with E-state index in [2.05, 4.69) is 0 Å². The Morgan fingerprint density at radius 1 is 1.29 bits per heavy atom. The Labute approximate surface area is 106 Å². The number of benzene rings is 1. The van der Waals surface area contributed by atoms with Crippen molar-refractivity contribution in [1.29, 1.82) is 0 Å². The van der Waals surface area contributed by atoms with Gasteiger partial charge >= 0.3 is 0 Å². The number of aryl methyl sites for hydroxylation is 1. The molecule has 0 radical (unpaired) electrons. The number of nitrogens with zero attached hydrogens (tertiary/aromatic N) is 1. The highest BCUT2D eigenvalue weighted by atomic mass is 35.5. The van der Waals surface area contributed by atoms with Gasteiger partial charge in [0.15, 0.2) is 0 Å². The Kier molecular flexibility index (Phi) is 3.73. The summed E-state index contributed by atoms with van der Waals surface area (Å²) in [4.78, 5) is 0.173. The van der Waals surface area contributed by atoms with E-state index in [1.165, 1.54) is 4.31 Å². The van der Waals surface area contributed by atoms with E-state index in [1.54, 1.807) is 18.2 Å². The summed E-state index contributed by atoms with van der Waals surface area (Å²) in [6.45, 7) is 3.50. The van der Waals surface area contributed by atoms with Gasteiger partial charge in [-0.3, -0.25) is 0 Å². The van der Waals surface area contributed by atoms with Crippen molar-refractivity contribution in [3.05, 3.63) is 28.8 Å². The van der Waals surface area contributed by atoms with E-state index < -0.39 is 10.0 Å². The molecule has 6 heteroatoms. The molecule has 94 valence electrons. The van der Waals surface area contributed by atoms with Crippen LogP contribution in [0, 0.1) is 6.92 Å². The van der Waals surface area contributed by atoms with Gasteiger partial charge in [-0.1, -0.05) is 17.7 Å². The molecule has 4 nitrogen and oxygen atoms in total. The molecule has 17 heavy (non-hydrogen) atoms. The summed E-state index contributed by atoms with van der Waals surface area (Å²) in [5, 5.41) is 0.275. The molecule has 0 atom stereocenters. The minimum atomic E-state index is -3.49. The Morgan fingerprint density at radius 2 is 1.94 bits per heavy atom. The first-order chi connectivity index (χ1) is 8.01. The van der Waals surface area contributed by atoms with E-state index in [9.17, 15) is 8.42 Å². The number of hydrogen-bond acceptors (Lipinski definition) is 3. The fourth-order valence-electron chi connectivity index (χ4n) is 1.74. The lowest BCUT2D eigenvalue weighted by Gasteiger charge is -2.26. The first kappa shape index (κ1) is 12.8. The molecule has 0 unspecified atom stereocenters. The first-order valence-electron chi connectivity index (χ1n) is 5.36. The van der Waals surface area contributed by atoms with E-state index in [0.717, 1.165) is 5.56 Å². The van der Waals surface area contributed by atoms with Gasteiger partial charge in [0.25, 0.3) is 0 Å². The second-order valence-corrected chi connectivity index (χ2v) is 6.26. The van der Waals surface area contributed by atoms with E-state index in [0.29, 0.717) is 26.3 Å². The molecule has 0 aliphatic carbocycles. The Hall–Kier alpha value is -0.620. The van der Waals surface area contributed by atoms with Crippen LogP contribution < -0.4 is 0 Å². The Morgan fingerprint density at radius 3 is 2.53 bits per heavy atom. The fourth-order valence-corrected chi connectivity index (χ4v) is 3.72. The molecule has 1 aliphatic heterocycles. The van der Waals surface area contributed by atoms with E-state index in [4.69, 9.17) is 16.3 Å². The molecule has 0 spiro atoms. The average Bonchev–Trinajstić information content (AvgIpc) is 2.29. The standard InChI is InChI=1S/C11H14ClNO3S/c1-9-2-3-11(10(12)8-9)17(14,15)13-4-6-16-7-5-13/h2-3,8H,4-7H2,1H3. The first-order valence-corrected chi connectivity index (χ1v) is 7.17. The van der Waals surface area contributed by atoms with E-state index >= 15 is 0 Å². The quantitative estimate of drug-likeness (QED) is 0.825. The van der Waals surface area contributed by atoms with Gasteiger partial charge in [-0.15, -0.1) is 0 Å². The van der Waals surface area contributed by atoms with E-state index in [-0.39, 0.29) is 9.92 Å². The molecule has 0 saturated carbocycles. The van der Waals surface area contributed by atoms with Crippen LogP contribution in [-0.2, 0) is 14.8 Å². The molecule has 1 heterocycles. The fraction of sp³-hybridized carbons (Fsp3) is 0.455. The van der Waals surface area contributed by atoms with Crippen LogP contribution in [0.5, 0.6) is 0 Å². The lowest BCUT2D eigenvalue weighted by Crippen LogP contribution is -2.40. The molecule has 2 rings (SSSR count). The summed E-state index contributed by atoms with van der Waals surface area (Å²) in [7, 11) is -3.49. The number of rotatable bonds is 2. The zero-order valence-corrected chi connectivity index (χ0v) is 11.1. The lowest BCUT2D eigenvalue weighted by molar-refractivity contribution is 0.0730. The highest BCUT2D eigenvalue weighted by Crippen LogP contribution is 2.25. The SMILES string of the molecule is Cc1ccc(S(=O)(=O)N2CCOCC2)c(Cl)c1. The van der Waals surface area contributed by atoms with Crippen LogP contribution in [0.1, 0.15) is 5.56 Å². The third kappa shape index (κ3) is 2.63. The summed E-state index contributed by atoms with van der Waals surface area (Å²) in [5.74, 6) is 0. The largest absolute Gasteiger partial charge is 0.379 e. The second kappa shape index (κ2) is 4.94. The molecule has 0 N–H and O–H groups in total. The van der Waals surface area contributed by atoms with Crippen molar-refractivity contribution in [1.82, 2.24) is 4.31 Å². The van der Waals surface area contributed by atoms with Crippen molar-refractivity contribution in [2.24, 2.45) is 0 Å². The van der Waals surface area contributed by atoms with Crippen molar-refractivity contribution < 1.29 is 13.2 Å². The smallest absolute Gasteiger partial charge is 0.244 e. The van der Waals surface area contributed by atoms with Crippen molar-refractivity contribution in [3.8, 4) is 0 Å². The molecule has 0 amide bonds. The second-order valence-electron chi connectivity index (χ2n) is 3.95. The molecular weight excluding hydrogens is 262 g/mol. The summed E-state index contributed by atoms with van der Waals surface area (Å²) in [5.41, 5.74) is 0.941. The summed E-state index contributed by atoms with van der Waals surface area (Å²) in [6, 6.07) is 4.97. The number of ether oxygens (including phenoxy) is 1. The van der Waals surface area contributed by atoms with Crippen molar-refractivity contribution in [2.45, 2.75) is 11.8 Å². The van der Waals surface area contributed by atoms with Gasteiger partial charge in [-0.25, -0.2) is 8.42 Å². The predicted octanol–water partition coefficient (Wildman–Crippen LogP) is 1.67. The third-order valence-electron chi connectivity index (χ3n) is 2.68. The van der Waals surface area contributed by atoms with Crippen molar-refractivity contribution >= 4 is 21.6 Å². The van der Waals surface area contributed by atoms with Crippen LogP contribution in [0.4, 0.5) is 0 Å². The number of morpholine rings is 1. The van der Waals surface area contributed by atoms with Gasteiger partial charge in [0, 0.05) is 13.1 Å². The molecule has 1 fully saturated rings. The van der Waals surface area contributed by atoms with Crippen molar-refractivity contribution in [3.63, 3.8) is 0 Å². The average molecular weight is 276 g/mol. The van der Waals surface area contributed by atoms with Gasteiger partial charge in [0.1, 0.15) is 4.90 Å². The van der Waals surface area contributed by atoms with Crippen molar-refractivity contribution in [2.75, 3.05) is 26.3 Å². The van der Waals surface area contributed by atoms with Gasteiger partial charge < -0.3 is 4.74 Å². The highest BCUT2D eigenvalue weighted by Gasteiger charge is 2.27. The monoisotopic (exact) mass is 275 g/mol. The number of hydrogen-bond donors (Lipinski definition) is 0. The molecule has 1 saturated heterocycles. The third-order valence-corrected chi connectivity index (χ3v) is 5.06. The normalized spacial score (nSPS) is 18.2. The molecule has 1 aliphatic rings. The van der Waals surface area contributed by atoms with Gasteiger partial charge in [0.05, 0.1) is 18.2 Å². The minimum absolute atomic E-state index is 0.173.